The molecule has 0 N–H and O–H groups in total. The van der Waals surface area contributed by atoms with Crippen molar-refractivity contribution in [3.05, 3.63) is 24.3 Å². The topological polar surface area (TPSA) is 17.1 Å². The highest BCUT2D eigenvalue weighted by Crippen LogP contribution is 2.41. The molecule has 2 rings (SSSR count). The number of allylic oxidation sites excluding steroid dienone is 3. The number of carbonyl (C=O) groups is 1. The summed E-state index contributed by atoms with van der Waals surface area (Å²) in [5.74, 6) is 1.97. The maximum Gasteiger partial charge on any atom is 0.158 e. The first-order valence-electron chi connectivity index (χ1n) is 6.16. The molecule has 1 saturated carbocycles. The monoisotopic (exact) mass is 204 g/mol. The Morgan fingerprint density at radius 1 is 1.47 bits per heavy atom. The molecule has 0 aromatic heterocycles. The van der Waals surface area contributed by atoms with Gasteiger partial charge >= 0.3 is 0 Å². The van der Waals surface area contributed by atoms with Crippen LogP contribution in [0.25, 0.3) is 0 Å². The third kappa shape index (κ3) is 2.39. The molecule has 0 radical (unpaired) electrons. The number of Topliss-reactive ketones (excluding diaryl/α,β-unsaturated/α-hetero) is 1. The largest absolute Gasteiger partial charge is 0.295 e. The third-order valence-corrected chi connectivity index (χ3v) is 3.85. The van der Waals surface area contributed by atoms with Crippen LogP contribution in [0.15, 0.2) is 24.3 Å². The predicted molar refractivity (Wildman–Crippen MR) is 62.6 cm³/mol. The Morgan fingerprint density at radius 3 is 3.13 bits per heavy atom. The summed E-state index contributed by atoms with van der Waals surface area (Å²) < 4.78 is 0. The van der Waals surface area contributed by atoms with Crippen LogP contribution >= 0.6 is 0 Å². The van der Waals surface area contributed by atoms with E-state index in [1.807, 2.05) is 6.08 Å². The van der Waals surface area contributed by atoms with Crippen molar-refractivity contribution >= 4 is 5.78 Å². The molecule has 2 unspecified atom stereocenters. The van der Waals surface area contributed by atoms with Crippen molar-refractivity contribution in [3.8, 4) is 0 Å². The summed E-state index contributed by atoms with van der Waals surface area (Å²) in [5, 5.41) is 0. The molecule has 1 heteroatoms. The fraction of sp³-hybridized carbons (Fsp3) is 0.643. The molecule has 2 atom stereocenters. The fourth-order valence-corrected chi connectivity index (χ4v) is 2.95. The lowest BCUT2D eigenvalue weighted by Crippen LogP contribution is -2.15. The average molecular weight is 204 g/mol. The van der Waals surface area contributed by atoms with Crippen molar-refractivity contribution in [2.24, 2.45) is 11.8 Å². The molecule has 2 aliphatic rings. The number of rotatable bonds is 4. The van der Waals surface area contributed by atoms with Gasteiger partial charge in [0.2, 0.25) is 0 Å². The molecule has 0 aromatic rings. The van der Waals surface area contributed by atoms with Crippen LogP contribution in [0.1, 0.15) is 44.9 Å². The molecule has 0 aliphatic heterocycles. The Balaban J connectivity index is 1.97. The molecule has 82 valence electrons. The van der Waals surface area contributed by atoms with E-state index in [1.165, 1.54) is 25.7 Å². The Morgan fingerprint density at radius 2 is 2.33 bits per heavy atom. The van der Waals surface area contributed by atoms with Gasteiger partial charge < -0.3 is 0 Å². The number of hydrogen-bond donors (Lipinski definition) is 0. The van der Waals surface area contributed by atoms with Gasteiger partial charge in [-0.2, -0.15) is 0 Å². The normalized spacial score (nSPS) is 29.5. The number of fused-ring (bicyclic) bond motifs is 1. The minimum atomic E-state index is 0.361. The number of carbonyl (C=O) groups excluding carboxylic acids is 1. The summed E-state index contributed by atoms with van der Waals surface area (Å²) in [6.45, 7) is 3.66. The summed E-state index contributed by atoms with van der Waals surface area (Å²) in [7, 11) is 0. The van der Waals surface area contributed by atoms with E-state index < -0.39 is 0 Å². The quantitative estimate of drug-likeness (QED) is 0.639. The second-order valence-electron chi connectivity index (χ2n) is 4.84. The van der Waals surface area contributed by atoms with Crippen molar-refractivity contribution in [2.45, 2.75) is 44.9 Å². The van der Waals surface area contributed by atoms with E-state index in [-0.39, 0.29) is 0 Å². The van der Waals surface area contributed by atoms with E-state index in [4.69, 9.17) is 0 Å². The minimum absolute atomic E-state index is 0.361. The summed E-state index contributed by atoms with van der Waals surface area (Å²) in [6, 6.07) is 0. The van der Waals surface area contributed by atoms with Crippen LogP contribution in [0.3, 0.4) is 0 Å². The van der Waals surface area contributed by atoms with Gasteiger partial charge in [-0.05, 0) is 49.5 Å². The lowest BCUT2D eigenvalue weighted by molar-refractivity contribution is -0.115. The van der Waals surface area contributed by atoms with Gasteiger partial charge in [0.05, 0.1) is 0 Å². The Hall–Kier alpha value is -0.850. The van der Waals surface area contributed by atoms with E-state index >= 15 is 0 Å². The van der Waals surface area contributed by atoms with E-state index in [9.17, 15) is 4.79 Å². The van der Waals surface area contributed by atoms with Gasteiger partial charge in [0, 0.05) is 6.42 Å². The lowest BCUT2D eigenvalue weighted by atomic mass is 9.81. The molecular formula is C14H20O. The van der Waals surface area contributed by atoms with E-state index in [2.05, 4.69) is 12.7 Å². The van der Waals surface area contributed by atoms with Crippen molar-refractivity contribution < 1.29 is 4.79 Å². The highest BCUT2D eigenvalue weighted by Gasteiger charge is 2.30. The van der Waals surface area contributed by atoms with Crippen LogP contribution in [0, 0.1) is 11.8 Å². The van der Waals surface area contributed by atoms with Gasteiger partial charge in [-0.25, -0.2) is 0 Å². The first-order valence-corrected chi connectivity index (χ1v) is 6.16. The van der Waals surface area contributed by atoms with Crippen molar-refractivity contribution in [1.82, 2.24) is 0 Å². The Bertz CT molecular complexity index is 288. The van der Waals surface area contributed by atoms with Crippen LogP contribution in [0.2, 0.25) is 0 Å². The van der Waals surface area contributed by atoms with Crippen LogP contribution in [-0.4, -0.2) is 5.78 Å². The molecule has 0 saturated heterocycles. The molecule has 0 spiro atoms. The Kier molecular flexibility index (Phi) is 3.40. The van der Waals surface area contributed by atoms with Gasteiger partial charge in [0.15, 0.2) is 5.78 Å². The maximum absolute atomic E-state index is 11.8. The molecule has 0 aromatic carbocycles. The zero-order chi connectivity index (χ0) is 10.7. The maximum atomic E-state index is 11.8. The number of ketones is 1. The van der Waals surface area contributed by atoms with Gasteiger partial charge in [-0.3, -0.25) is 4.79 Å². The lowest BCUT2D eigenvalue weighted by Gasteiger charge is -2.23. The zero-order valence-corrected chi connectivity index (χ0v) is 9.37. The second-order valence-corrected chi connectivity index (χ2v) is 4.84. The minimum Gasteiger partial charge on any atom is -0.295 e. The highest BCUT2D eigenvalue weighted by molar-refractivity contribution is 5.95. The first kappa shape index (κ1) is 10.7. The van der Waals surface area contributed by atoms with Gasteiger partial charge in [-0.1, -0.05) is 18.6 Å². The number of hydrogen-bond acceptors (Lipinski definition) is 1. The Labute approximate surface area is 92.3 Å². The zero-order valence-electron chi connectivity index (χ0n) is 9.37. The molecule has 0 bridgehead atoms. The summed E-state index contributed by atoms with van der Waals surface area (Å²) in [4.78, 5) is 11.8. The molecule has 0 amide bonds. The van der Waals surface area contributed by atoms with Gasteiger partial charge in [-0.15, -0.1) is 6.58 Å². The summed E-state index contributed by atoms with van der Waals surface area (Å²) in [6.07, 6.45) is 11.9. The smallest absolute Gasteiger partial charge is 0.158 e. The van der Waals surface area contributed by atoms with Crippen molar-refractivity contribution in [1.29, 1.82) is 0 Å². The molecule has 1 fully saturated rings. The van der Waals surface area contributed by atoms with Crippen molar-refractivity contribution in [3.63, 3.8) is 0 Å². The van der Waals surface area contributed by atoms with Crippen LogP contribution in [-0.2, 0) is 4.79 Å². The fourth-order valence-electron chi connectivity index (χ4n) is 2.95. The predicted octanol–water partition coefficient (Wildman–Crippen LogP) is 3.66. The molecular weight excluding hydrogens is 184 g/mol. The molecule has 0 heterocycles. The van der Waals surface area contributed by atoms with Crippen LogP contribution in [0.5, 0.6) is 0 Å². The summed E-state index contributed by atoms with van der Waals surface area (Å²) in [5.41, 5.74) is 1.11. The highest BCUT2D eigenvalue weighted by atomic mass is 16.1. The van der Waals surface area contributed by atoms with Crippen LogP contribution < -0.4 is 0 Å². The standard InChI is InChI=1S/C14H20O/c1-2-3-7-14(15)13-9-8-11-5-4-6-12(11)10-13/h2,10-12H,1,3-9H2. The van der Waals surface area contributed by atoms with E-state index in [0.717, 1.165) is 30.3 Å². The average Bonchev–Trinajstić information content (AvgIpc) is 2.72. The van der Waals surface area contributed by atoms with E-state index in [0.29, 0.717) is 12.2 Å². The van der Waals surface area contributed by atoms with Crippen LogP contribution in [0.4, 0.5) is 0 Å². The van der Waals surface area contributed by atoms with Gasteiger partial charge in [0.25, 0.3) is 0 Å². The third-order valence-electron chi connectivity index (χ3n) is 3.85. The van der Waals surface area contributed by atoms with E-state index in [1.54, 1.807) is 0 Å². The summed E-state index contributed by atoms with van der Waals surface area (Å²) >= 11 is 0. The molecule has 1 nitrogen and oxygen atoms in total. The van der Waals surface area contributed by atoms with Crippen molar-refractivity contribution in [2.75, 3.05) is 0 Å². The first-order chi connectivity index (χ1) is 7.31. The SMILES string of the molecule is C=CCCC(=O)C1=CC2CCCC2CC1. The molecule has 2 aliphatic carbocycles. The molecule has 15 heavy (non-hydrogen) atoms. The van der Waals surface area contributed by atoms with Gasteiger partial charge in [0.1, 0.15) is 0 Å². The second kappa shape index (κ2) is 4.78.